The van der Waals surface area contributed by atoms with Crippen LogP contribution >= 0.6 is 0 Å². The number of nitrogens with one attached hydrogen (secondary N) is 1. The number of rotatable bonds is 7. The summed E-state index contributed by atoms with van der Waals surface area (Å²) in [5, 5.41) is 2.89. The van der Waals surface area contributed by atoms with Crippen molar-refractivity contribution in [2.45, 2.75) is 45.6 Å². The molecule has 136 valence electrons. The largest absolute Gasteiger partial charge is 0.356 e. The molecule has 7 heteroatoms. The molecular weight excluding hydrogens is 320 g/mol. The van der Waals surface area contributed by atoms with Gasteiger partial charge in [0.05, 0.1) is 18.2 Å². The predicted molar refractivity (Wildman–Crippen MR) is 91.2 cm³/mol. The molecule has 0 unspecified atom stereocenters. The van der Waals surface area contributed by atoms with Crippen LogP contribution in [0.15, 0.2) is 18.7 Å². The molecule has 1 aliphatic heterocycles. The van der Waals surface area contributed by atoms with Crippen molar-refractivity contribution in [2.75, 3.05) is 13.1 Å². The van der Waals surface area contributed by atoms with Gasteiger partial charge in [0.15, 0.2) is 0 Å². The zero-order chi connectivity index (χ0) is 17.8. The SMILES string of the molecule is C[C@H](CNC(=O)CCN1C(=O)[C@H]2CCCC[C@@H]2C1=O)Cn1ccnc1. The number of carbonyl (C=O) groups is 3. The number of hydrogen-bond acceptors (Lipinski definition) is 4. The molecule has 1 aromatic heterocycles. The quantitative estimate of drug-likeness (QED) is 0.752. The van der Waals surface area contributed by atoms with Crippen molar-refractivity contribution in [3.05, 3.63) is 18.7 Å². The van der Waals surface area contributed by atoms with Gasteiger partial charge in [-0.3, -0.25) is 19.3 Å². The highest BCUT2D eigenvalue weighted by Crippen LogP contribution is 2.37. The Morgan fingerprint density at radius 3 is 2.56 bits per heavy atom. The Kier molecular flexibility index (Phi) is 5.50. The third kappa shape index (κ3) is 4.08. The molecule has 1 aliphatic carbocycles. The molecule has 3 rings (SSSR count). The Bertz CT molecular complexity index is 604. The topological polar surface area (TPSA) is 84.3 Å². The minimum absolute atomic E-state index is 0.0732. The lowest BCUT2D eigenvalue weighted by Gasteiger charge is -2.19. The Morgan fingerprint density at radius 2 is 1.96 bits per heavy atom. The summed E-state index contributed by atoms with van der Waals surface area (Å²) in [6.45, 7) is 3.60. The minimum atomic E-state index is -0.139. The highest BCUT2D eigenvalue weighted by atomic mass is 16.2. The second kappa shape index (κ2) is 7.80. The zero-order valence-corrected chi connectivity index (χ0v) is 14.7. The first-order valence-electron chi connectivity index (χ1n) is 9.14. The first-order valence-corrected chi connectivity index (χ1v) is 9.14. The Hall–Kier alpha value is -2.18. The number of fused-ring (bicyclic) bond motifs is 1. The third-order valence-electron chi connectivity index (χ3n) is 5.22. The Morgan fingerprint density at radius 1 is 1.28 bits per heavy atom. The minimum Gasteiger partial charge on any atom is -0.356 e. The monoisotopic (exact) mass is 346 g/mol. The van der Waals surface area contributed by atoms with Crippen molar-refractivity contribution in [3.63, 3.8) is 0 Å². The summed E-state index contributed by atoms with van der Waals surface area (Å²) in [5.41, 5.74) is 0. The highest BCUT2D eigenvalue weighted by Gasteiger charge is 2.47. The van der Waals surface area contributed by atoms with Crippen LogP contribution in [0.4, 0.5) is 0 Å². The fraction of sp³-hybridized carbons (Fsp3) is 0.667. The van der Waals surface area contributed by atoms with Crippen LogP contribution in [0.2, 0.25) is 0 Å². The molecule has 0 radical (unpaired) electrons. The van der Waals surface area contributed by atoms with Crippen molar-refractivity contribution in [2.24, 2.45) is 17.8 Å². The summed E-state index contributed by atoms with van der Waals surface area (Å²) in [7, 11) is 0. The number of hydrogen-bond donors (Lipinski definition) is 1. The normalized spacial score (nSPS) is 24.3. The summed E-state index contributed by atoms with van der Waals surface area (Å²) in [6, 6.07) is 0. The number of nitrogens with zero attached hydrogens (tertiary/aromatic N) is 3. The molecule has 3 atom stereocenters. The first kappa shape index (κ1) is 17.6. The van der Waals surface area contributed by atoms with Gasteiger partial charge in [0.2, 0.25) is 17.7 Å². The number of aromatic nitrogens is 2. The van der Waals surface area contributed by atoms with Crippen molar-refractivity contribution in [1.29, 1.82) is 0 Å². The van der Waals surface area contributed by atoms with Crippen molar-refractivity contribution in [3.8, 4) is 0 Å². The summed E-state index contributed by atoms with van der Waals surface area (Å²) in [6.07, 6.45) is 9.20. The van der Waals surface area contributed by atoms with E-state index in [4.69, 9.17) is 0 Å². The lowest BCUT2D eigenvalue weighted by molar-refractivity contribution is -0.140. The van der Waals surface area contributed by atoms with E-state index >= 15 is 0 Å². The second-order valence-electron chi connectivity index (χ2n) is 7.24. The molecule has 2 aliphatic rings. The van der Waals surface area contributed by atoms with E-state index in [0.717, 1.165) is 32.2 Å². The fourth-order valence-corrected chi connectivity index (χ4v) is 3.86. The molecule has 1 aromatic rings. The van der Waals surface area contributed by atoms with Crippen LogP contribution in [0, 0.1) is 17.8 Å². The lowest BCUT2D eigenvalue weighted by Crippen LogP contribution is -2.36. The van der Waals surface area contributed by atoms with Gasteiger partial charge in [-0.1, -0.05) is 19.8 Å². The van der Waals surface area contributed by atoms with E-state index in [1.165, 1.54) is 4.90 Å². The average molecular weight is 346 g/mol. The number of carbonyl (C=O) groups excluding carboxylic acids is 3. The van der Waals surface area contributed by atoms with E-state index < -0.39 is 0 Å². The van der Waals surface area contributed by atoms with Crippen molar-refractivity contribution >= 4 is 17.7 Å². The number of imidazole rings is 1. The van der Waals surface area contributed by atoms with Gasteiger partial charge in [-0.2, -0.15) is 0 Å². The Balaban J connectivity index is 1.41. The third-order valence-corrected chi connectivity index (χ3v) is 5.22. The molecule has 0 aromatic carbocycles. The van der Waals surface area contributed by atoms with Crippen LogP contribution in [-0.2, 0) is 20.9 Å². The van der Waals surface area contributed by atoms with Crippen LogP contribution < -0.4 is 5.32 Å². The molecule has 7 nitrogen and oxygen atoms in total. The van der Waals surface area contributed by atoms with E-state index in [1.54, 1.807) is 12.5 Å². The Labute approximate surface area is 147 Å². The molecule has 2 fully saturated rings. The summed E-state index contributed by atoms with van der Waals surface area (Å²) < 4.78 is 1.97. The standard InChI is InChI=1S/C18H26N4O3/c1-13(11-21-9-7-19-12-21)10-20-16(23)6-8-22-17(24)14-4-2-3-5-15(14)18(22)25/h7,9,12-15H,2-6,8,10-11H2,1H3,(H,20,23)/t13-,14+,15+/m1/s1. The van der Waals surface area contributed by atoms with Gasteiger partial charge in [0.1, 0.15) is 0 Å². The van der Waals surface area contributed by atoms with Gasteiger partial charge < -0.3 is 9.88 Å². The molecule has 2 heterocycles. The maximum Gasteiger partial charge on any atom is 0.233 e. The van der Waals surface area contributed by atoms with E-state index in [0.29, 0.717) is 6.54 Å². The zero-order valence-electron chi connectivity index (χ0n) is 14.7. The van der Waals surface area contributed by atoms with Crippen LogP contribution in [-0.4, -0.2) is 45.3 Å². The lowest BCUT2D eigenvalue weighted by atomic mass is 9.81. The molecular formula is C18H26N4O3. The van der Waals surface area contributed by atoms with E-state index in [9.17, 15) is 14.4 Å². The number of imide groups is 1. The molecule has 3 amide bonds. The molecule has 0 spiro atoms. The van der Waals surface area contributed by atoms with E-state index in [-0.39, 0.29) is 48.4 Å². The van der Waals surface area contributed by atoms with Crippen molar-refractivity contribution in [1.82, 2.24) is 19.8 Å². The molecule has 1 N–H and O–H groups in total. The fourth-order valence-electron chi connectivity index (χ4n) is 3.86. The molecule has 0 bridgehead atoms. The van der Waals surface area contributed by atoms with Gasteiger partial charge in [-0.05, 0) is 18.8 Å². The maximum atomic E-state index is 12.4. The van der Waals surface area contributed by atoms with Crippen molar-refractivity contribution < 1.29 is 14.4 Å². The highest BCUT2D eigenvalue weighted by molar-refractivity contribution is 6.05. The summed E-state index contributed by atoms with van der Waals surface area (Å²) in [4.78, 5) is 42.1. The van der Waals surface area contributed by atoms with Gasteiger partial charge in [0.25, 0.3) is 0 Å². The molecule has 1 saturated heterocycles. The maximum absolute atomic E-state index is 12.4. The number of likely N-dealkylation sites (tertiary alicyclic amines) is 1. The summed E-state index contributed by atoms with van der Waals surface area (Å²) in [5.74, 6) is -0.269. The summed E-state index contributed by atoms with van der Waals surface area (Å²) >= 11 is 0. The first-order chi connectivity index (χ1) is 12.1. The van der Waals surface area contributed by atoms with E-state index in [2.05, 4.69) is 17.2 Å². The van der Waals surface area contributed by atoms with Gasteiger partial charge in [-0.25, -0.2) is 4.98 Å². The van der Waals surface area contributed by atoms with Crippen LogP contribution in [0.25, 0.3) is 0 Å². The second-order valence-corrected chi connectivity index (χ2v) is 7.24. The smallest absolute Gasteiger partial charge is 0.233 e. The average Bonchev–Trinajstić information content (AvgIpc) is 3.20. The number of amides is 3. The predicted octanol–water partition coefficient (Wildman–Crippen LogP) is 1.20. The van der Waals surface area contributed by atoms with Gasteiger partial charge in [-0.15, -0.1) is 0 Å². The van der Waals surface area contributed by atoms with Crippen LogP contribution in [0.1, 0.15) is 39.0 Å². The van der Waals surface area contributed by atoms with Crippen LogP contribution in [0.3, 0.4) is 0 Å². The van der Waals surface area contributed by atoms with Crippen LogP contribution in [0.5, 0.6) is 0 Å². The molecule has 1 saturated carbocycles. The van der Waals surface area contributed by atoms with Gasteiger partial charge in [0, 0.05) is 38.4 Å². The van der Waals surface area contributed by atoms with Gasteiger partial charge >= 0.3 is 0 Å². The van der Waals surface area contributed by atoms with E-state index in [1.807, 2.05) is 10.8 Å². The molecule has 25 heavy (non-hydrogen) atoms.